The van der Waals surface area contributed by atoms with E-state index in [2.05, 4.69) is 9.71 Å². The first kappa shape index (κ1) is 17.6. The van der Waals surface area contributed by atoms with Crippen LogP contribution in [0.3, 0.4) is 0 Å². The Morgan fingerprint density at radius 1 is 1.48 bits per heavy atom. The number of aromatic nitrogens is 2. The molecule has 0 aliphatic carbocycles. The summed E-state index contributed by atoms with van der Waals surface area (Å²) in [5.41, 5.74) is 0. The summed E-state index contributed by atoms with van der Waals surface area (Å²) >= 11 is 0. The van der Waals surface area contributed by atoms with Crippen LogP contribution in [0.15, 0.2) is 11.2 Å². The van der Waals surface area contributed by atoms with Gasteiger partial charge >= 0.3 is 5.97 Å². The highest BCUT2D eigenvalue weighted by atomic mass is 32.2. The van der Waals surface area contributed by atoms with Gasteiger partial charge in [0.25, 0.3) is 10.0 Å². The van der Waals surface area contributed by atoms with Gasteiger partial charge in [-0.1, -0.05) is 27.2 Å². The number of hydrogen-bond acceptors (Lipinski definition) is 4. The van der Waals surface area contributed by atoms with E-state index in [1.165, 1.54) is 6.20 Å². The fourth-order valence-corrected chi connectivity index (χ4v) is 3.26. The molecule has 7 nitrogen and oxygen atoms in total. The topological polar surface area (TPSA) is 101 Å². The second-order valence-electron chi connectivity index (χ2n) is 5.14. The van der Waals surface area contributed by atoms with Crippen LogP contribution in [0.5, 0.6) is 0 Å². The summed E-state index contributed by atoms with van der Waals surface area (Å²) in [4.78, 5) is 15.2. The summed E-state index contributed by atoms with van der Waals surface area (Å²) in [6.45, 7) is 7.88. The highest BCUT2D eigenvalue weighted by Crippen LogP contribution is 2.14. The molecule has 2 atom stereocenters. The third kappa shape index (κ3) is 4.28. The Bertz CT molecular complexity index is 595. The Morgan fingerprint density at radius 2 is 2.10 bits per heavy atom. The van der Waals surface area contributed by atoms with Crippen molar-refractivity contribution in [1.29, 1.82) is 0 Å². The molecule has 1 aromatic heterocycles. The highest BCUT2D eigenvalue weighted by molar-refractivity contribution is 7.89. The lowest BCUT2D eigenvalue weighted by Crippen LogP contribution is -2.45. The Morgan fingerprint density at radius 3 is 2.57 bits per heavy atom. The van der Waals surface area contributed by atoms with E-state index in [0.717, 1.165) is 6.42 Å². The molecular weight excluding hydrogens is 294 g/mol. The minimum atomic E-state index is -3.94. The number of imidazole rings is 1. The smallest absolute Gasteiger partial charge is 0.322 e. The molecule has 0 radical (unpaired) electrons. The molecule has 1 heterocycles. The Labute approximate surface area is 125 Å². The molecule has 0 aliphatic rings. The van der Waals surface area contributed by atoms with E-state index in [-0.39, 0.29) is 10.9 Å². The molecule has 0 spiro atoms. The molecule has 0 fully saturated rings. The molecule has 120 valence electrons. The number of aliphatic carboxylic acids is 1. The number of aryl methyl sites for hydroxylation is 2. The molecule has 2 N–H and O–H groups in total. The van der Waals surface area contributed by atoms with Gasteiger partial charge in [-0.05, 0) is 19.3 Å². The van der Waals surface area contributed by atoms with Crippen LogP contribution in [-0.2, 0) is 21.4 Å². The minimum absolute atomic E-state index is 0.136. The highest BCUT2D eigenvalue weighted by Gasteiger charge is 2.30. The molecule has 2 unspecified atom stereocenters. The molecular formula is C13H23N3O4S. The van der Waals surface area contributed by atoms with Crippen molar-refractivity contribution < 1.29 is 18.3 Å². The van der Waals surface area contributed by atoms with Crippen LogP contribution < -0.4 is 4.72 Å². The molecule has 1 aromatic rings. The maximum absolute atomic E-state index is 12.3. The van der Waals surface area contributed by atoms with Gasteiger partial charge in [0.1, 0.15) is 11.9 Å². The zero-order chi connectivity index (χ0) is 16.2. The van der Waals surface area contributed by atoms with Crippen LogP contribution in [0.2, 0.25) is 0 Å². The summed E-state index contributed by atoms with van der Waals surface area (Å²) < 4.78 is 28.6. The van der Waals surface area contributed by atoms with Crippen LogP contribution >= 0.6 is 0 Å². The van der Waals surface area contributed by atoms with E-state index in [9.17, 15) is 18.3 Å². The fourth-order valence-electron chi connectivity index (χ4n) is 1.95. The number of carbonyl (C=O) groups is 1. The number of carboxylic acid groups (broad SMARTS) is 1. The van der Waals surface area contributed by atoms with E-state index in [1.807, 2.05) is 13.8 Å². The third-order valence-electron chi connectivity index (χ3n) is 3.45. The average Bonchev–Trinajstić information content (AvgIpc) is 2.78. The maximum Gasteiger partial charge on any atom is 0.322 e. The summed E-state index contributed by atoms with van der Waals surface area (Å²) in [5.74, 6) is -0.902. The lowest BCUT2D eigenvalue weighted by atomic mass is 10.0. The van der Waals surface area contributed by atoms with E-state index in [0.29, 0.717) is 18.8 Å². The van der Waals surface area contributed by atoms with E-state index < -0.39 is 22.0 Å². The lowest BCUT2D eigenvalue weighted by molar-refractivity contribution is -0.140. The van der Waals surface area contributed by atoms with Crippen LogP contribution in [0.4, 0.5) is 0 Å². The van der Waals surface area contributed by atoms with Gasteiger partial charge < -0.3 is 9.67 Å². The Hall–Kier alpha value is -1.41. The number of carboxylic acids is 1. The predicted molar refractivity (Wildman–Crippen MR) is 78.5 cm³/mol. The van der Waals surface area contributed by atoms with Crippen molar-refractivity contribution in [3.8, 4) is 0 Å². The predicted octanol–water partition coefficient (Wildman–Crippen LogP) is 1.38. The molecule has 0 aromatic carbocycles. The summed E-state index contributed by atoms with van der Waals surface area (Å²) in [5, 5.41) is 9.04. The first-order chi connectivity index (χ1) is 9.72. The minimum Gasteiger partial charge on any atom is -0.480 e. The molecule has 0 saturated heterocycles. The number of rotatable bonds is 8. The summed E-state index contributed by atoms with van der Waals surface area (Å²) in [7, 11) is -3.94. The van der Waals surface area contributed by atoms with Gasteiger partial charge in [-0.2, -0.15) is 4.72 Å². The maximum atomic E-state index is 12.3. The van der Waals surface area contributed by atoms with Crippen LogP contribution in [0.1, 0.15) is 39.4 Å². The molecule has 0 bridgehead atoms. The van der Waals surface area contributed by atoms with Crippen LogP contribution in [-0.4, -0.2) is 35.1 Å². The third-order valence-corrected chi connectivity index (χ3v) is 4.77. The van der Waals surface area contributed by atoms with Gasteiger partial charge in [-0.15, -0.1) is 0 Å². The van der Waals surface area contributed by atoms with Gasteiger partial charge in [-0.25, -0.2) is 13.4 Å². The summed E-state index contributed by atoms with van der Waals surface area (Å²) in [6.07, 6.45) is 2.86. The zero-order valence-electron chi connectivity index (χ0n) is 12.8. The lowest BCUT2D eigenvalue weighted by Gasteiger charge is -2.19. The van der Waals surface area contributed by atoms with Gasteiger partial charge in [0.2, 0.25) is 0 Å². The van der Waals surface area contributed by atoms with Gasteiger partial charge in [0, 0.05) is 12.7 Å². The zero-order valence-corrected chi connectivity index (χ0v) is 13.6. The van der Waals surface area contributed by atoms with Crippen LogP contribution in [0.25, 0.3) is 0 Å². The second kappa shape index (κ2) is 7.04. The normalized spacial score (nSPS) is 14.9. The van der Waals surface area contributed by atoms with Crippen molar-refractivity contribution in [3.63, 3.8) is 0 Å². The Kier molecular flexibility index (Phi) is 5.91. The fraction of sp³-hybridized carbons (Fsp3) is 0.692. The molecule has 1 rings (SSSR count). The largest absolute Gasteiger partial charge is 0.480 e. The number of sulfonamides is 1. The van der Waals surface area contributed by atoms with E-state index in [1.54, 1.807) is 18.4 Å². The van der Waals surface area contributed by atoms with Crippen molar-refractivity contribution in [1.82, 2.24) is 14.3 Å². The first-order valence-electron chi connectivity index (χ1n) is 7.01. The van der Waals surface area contributed by atoms with Crippen molar-refractivity contribution >= 4 is 16.0 Å². The van der Waals surface area contributed by atoms with Gasteiger partial charge in [-0.3, -0.25) is 4.79 Å². The quantitative estimate of drug-likeness (QED) is 0.754. The monoisotopic (exact) mass is 317 g/mol. The van der Waals surface area contributed by atoms with Crippen molar-refractivity contribution in [2.24, 2.45) is 5.92 Å². The standard InChI is InChI=1S/C13H23N3O4S/c1-5-7-16-8-11(14-10(16)4)21(19,20)15-12(13(17)18)9(3)6-2/h8-9,12,15H,5-7H2,1-4H3,(H,17,18). The summed E-state index contributed by atoms with van der Waals surface area (Å²) in [6, 6.07) is -1.16. The number of nitrogens with one attached hydrogen (secondary N) is 1. The molecule has 0 saturated carbocycles. The second-order valence-corrected chi connectivity index (χ2v) is 6.80. The molecule has 0 amide bonds. The SMILES string of the molecule is CCCn1cc(S(=O)(=O)NC(C(=O)O)C(C)CC)nc1C. The van der Waals surface area contributed by atoms with E-state index in [4.69, 9.17) is 0 Å². The van der Waals surface area contributed by atoms with Crippen molar-refractivity contribution in [2.45, 2.75) is 58.1 Å². The molecule has 21 heavy (non-hydrogen) atoms. The Balaban J connectivity index is 3.05. The molecule has 0 aliphatic heterocycles. The van der Waals surface area contributed by atoms with Crippen molar-refractivity contribution in [3.05, 3.63) is 12.0 Å². The van der Waals surface area contributed by atoms with Crippen LogP contribution in [0, 0.1) is 12.8 Å². The molecule has 8 heteroatoms. The van der Waals surface area contributed by atoms with Crippen molar-refractivity contribution in [2.75, 3.05) is 0 Å². The van der Waals surface area contributed by atoms with Gasteiger partial charge in [0.15, 0.2) is 5.03 Å². The number of nitrogens with zero attached hydrogens (tertiary/aromatic N) is 2. The first-order valence-corrected chi connectivity index (χ1v) is 8.50. The van der Waals surface area contributed by atoms with E-state index >= 15 is 0 Å². The average molecular weight is 317 g/mol. The number of hydrogen-bond donors (Lipinski definition) is 2. The van der Waals surface area contributed by atoms with Gasteiger partial charge in [0.05, 0.1) is 0 Å².